The number of carbonyl (C=O) groups excluding carboxylic acids is 2. The highest BCUT2D eigenvalue weighted by atomic mass is 35.5. The Hall–Kier alpha value is -3.19. The van der Waals surface area contributed by atoms with Crippen LogP contribution >= 0.6 is 11.6 Å². The molecule has 132 valence electrons. The van der Waals surface area contributed by atoms with Gasteiger partial charge >= 0.3 is 0 Å². The van der Waals surface area contributed by atoms with E-state index in [0.717, 1.165) is 5.56 Å². The van der Waals surface area contributed by atoms with Gasteiger partial charge in [-0.1, -0.05) is 48.0 Å². The van der Waals surface area contributed by atoms with Crippen LogP contribution in [0.25, 0.3) is 0 Å². The summed E-state index contributed by atoms with van der Waals surface area (Å²) in [6.07, 6.45) is 1.49. The van der Waals surface area contributed by atoms with Gasteiger partial charge in [-0.05, 0) is 24.6 Å². The van der Waals surface area contributed by atoms with Gasteiger partial charge in [0.1, 0.15) is 16.4 Å². The fourth-order valence-corrected chi connectivity index (χ4v) is 2.73. The van der Waals surface area contributed by atoms with Crippen LogP contribution in [0.3, 0.4) is 0 Å². The van der Waals surface area contributed by atoms with Crippen LogP contribution in [0.5, 0.6) is 0 Å². The van der Waals surface area contributed by atoms with Crippen LogP contribution in [0.2, 0.25) is 5.15 Å². The molecule has 0 saturated heterocycles. The number of hydrazine groups is 1. The summed E-state index contributed by atoms with van der Waals surface area (Å²) < 4.78 is 1.54. The van der Waals surface area contributed by atoms with Crippen molar-refractivity contribution in [3.63, 3.8) is 0 Å². The second-order valence-electron chi connectivity index (χ2n) is 5.52. The van der Waals surface area contributed by atoms with Crippen molar-refractivity contribution in [1.29, 1.82) is 0 Å². The highest BCUT2D eigenvalue weighted by molar-refractivity contribution is 6.33. The summed E-state index contributed by atoms with van der Waals surface area (Å²) in [6, 6.07) is 14.6. The molecule has 0 atom stereocenters. The van der Waals surface area contributed by atoms with Crippen molar-refractivity contribution in [2.45, 2.75) is 13.5 Å². The quantitative estimate of drug-likeness (QED) is 0.691. The first-order valence-electron chi connectivity index (χ1n) is 7.85. The summed E-state index contributed by atoms with van der Waals surface area (Å²) in [5.41, 5.74) is 6.53. The predicted molar refractivity (Wildman–Crippen MR) is 96.7 cm³/mol. The maximum absolute atomic E-state index is 12.4. The molecular weight excluding hydrogens is 354 g/mol. The predicted octanol–water partition coefficient (Wildman–Crippen LogP) is 2.36. The number of carbonyl (C=O) groups is 2. The Kier molecular flexibility index (Phi) is 5.28. The van der Waals surface area contributed by atoms with E-state index in [1.54, 1.807) is 23.7 Å². The van der Waals surface area contributed by atoms with Crippen molar-refractivity contribution in [2.24, 2.45) is 0 Å². The summed E-state index contributed by atoms with van der Waals surface area (Å²) in [5, 5.41) is 4.52. The van der Waals surface area contributed by atoms with Gasteiger partial charge in [-0.3, -0.25) is 25.4 Å². The number of pyridine rings is 1. The third kappa shape index (κ3) is 3.89. The number of nitrogens with zero attached hydrogens (tertiary/aromatic N) is 3. The first-order valence-corrected chi connectivity index (χ1v) is 8.22. The van der Waals surface area contributed by atoms with Gasteiger partial charge in [0.05, 0.1) is 12.2 Å². The van der Waals surface area contributed by atoms with Gasteiger partial charge in [0.2, 0.25) is 0 Å². The Labute approximate surface area is 155 Å². The lowest BCUT2D eigenvalue weighted by Gasteiger charge is -2.07. The van der Waals surface area contributed by atoms with Crippen LogP contribution < -0.4 is 10.9 Å². The highest BCUT2D eigenvalue weighted by Gasteiger charge is 2.21. The van der Waals surface area contributed by atoms with Crippen LogP contribution in [0.4, 0.5) is 0 Å². The van der Waals surface area contributed by atoms with Crippen molar-refractivity contribution < 1.29 is 9.59 Å². The lowest BCUT2D eigenvalue weighted by molar-refractivity contribution is 0.0843. The molecule has 0 radical (unpaired) electrons. The first kappa shape index (κ1) is 17.6. The SMILES string of the molecule is Cc1nn(Cc2ccccc2)c(Cl)c1C(=O)NNC(=O)c1ccccn1. The lowest BCUT2D eigenvalue weighted by atomic mass is 10.2. The maximum atomic E-state index is 12.4. The molecule has 26 heavy (non-hydrogen) atoms. The van der Waals surface area contributed by atoms with Crippen molar-refractivity contribution in [3.8, 4) is 0 Å². The summed E-state index contributed by atoms with van der Waals surface area (Å²) in [4.78, 5) is 28.3. The minimum Gasteiger partial charge on any atom is -0.267 e. The summed E-state index contributed by atoms with van der Waals surface area (Å²) in [6.45, 7) is 2.12. The third-order valence-electron chi connectivity index (χ3n) is 3.65. The monoisotopic (exact) mass is 369 g/mol. The van der Waals surface area contributed by atoms with E-state index in [0.29, 0.717) is 12.2 Å². The van der Waals surface area contributed by atoms with E-state index in [1.807, 2.05) is 30.3 Å². The lowest BCUT2D eigenvalue weighted by Crippen LogP contribution is -2.42. The minimum atomic E-state index is -0.545. The van der Waals surface area contributed by atoms with E-state index in [-0.39, 0.29) is 16.4 Å². The topological polar surface area (TPSA) is 88.9 Å². The van der Waals surface area contributed by atoms with Crippen molar-refractivity contribution in [2.75, 3.05) is 0 Å². The molecular formula is C18H16ClN5O2. The van der Waals surface area contributed by atoms with E-state index >= 15 is 0 Å². The average molecular weight is 370 g/mol. The summed E-state index contributed by atoms with van der Waals surface area (Å²) in [7, 11) is 0. The Morgan fingerprint density at radius 2 is 1.73 bits per heavy atom. The number of aromatic nitrogens is 3. The van der Waals surface area contributed by atoms with E-state index in [2.05, 4.69) is 20.9 Å². The zero-order chi connectivity index (χ0) is 18.5. The molecule has 0 unspecified atom stereocenters. The standard InChI is InChI=1S/C18H16ClN5O2/c1-12-15(16(19)24(23-12)11-13-7-3-2-4-8-13)18(26)22-21-17(25)14-9-5-6-10-20-14/h2-10H,11H2,1H3,(H,21,25)(H,22,26). The molecule has 0 spiro atoms. The van der Waals surface area contributed by atoms with Crippen molar-refractivity contribution in [1.82, 2.24) is 25.6 Å². The molecule has 0 bridgehead atoms. The highest BCUT2D eigenvalue weighted by Crippen LogP contribution is 2.20. The zero-order valence-electron chi connectivity index (χ0n) is 13.9. The molecule has 0 fully saturated rings. The fraction of sp³-hybridized carbons (Fsp3) is 0.111. The summed E-state index contributed by atoms with van der Waals surface area (Å²) >= 11 is 6.32. The Morgan fingerprint density at radius 3 is 2.42 bits per heavy atom. The van der Waals surface area contributed by atoms with Gasteiger partial charge in [0.25, 0.3) is 11.8 Å². The van der Waals surface area contributed by atoms with Crippen LogP contribution in [0.1, 0.15) is 32.1 Å². The molecule has 3 aromatic rings. The number of amides is 2. The third-order valence-corrected chi connectivity index (χ3v) is 4.04. The Balaban J connectivity index is 1.70. The largest absolute Gasteiger partial charge is 0.288 e. The molecule has 2 N–H and O–H groups in total. The number of rotatable bonds is 4. The summed E-state index contributed by atoms with van der Waals surface area (Å²) in [5.74, 6) is -1.07. The van der Waals surface area contributed by atoms with E-state index in [1.165, 1.54) is 12.3 Å². The number of benzene rings is 1. The molecule has 0 aliphatic heterocycles. The van der Waals surface area contributed by atoms with E-state index < -0.39 is 11.8 Å². The molecule has 3 rings (SSSR count). The molecule has 7 nitrogen and oxygen atoms in total. The van der Waals surface area contributed by atoms with E-state index in [9.17, 15) is 9.59 Å². The molecule has 1 aromatic carbocycles. The van der Waals surface area contributed by atoms with Crippen LogP contribution in [-0.2, 0) is 6.54 Å². The normalized spacial score (nSPS) is 10.4. The molecule has 8 heteroatoms. The molecule has 2 amide bonds. The van der Waals surface area contributed by atoms with Gasteiger partial charge in [0.15, 0.2) is 0 Å². The number of hydrogen-bond donors (Lipinski definition) is 2. The minimum absolute atomic E-state index is 0.190. The molecule has 2 aromatic heterocycles. The van der Waals surface area contributed by atoms with Gasteiger partial charge in [-0.15, -0.1) is 0 Å². The molecule has 0 aliphatic carbocycles. The van der Waals surface area contributed by atoms with Gasteiger partial charge in [-0.2, -0.15) is 5.10 Å². The van der Waals surface area contributed by atoms with Crippen LogP contribution in [-0.4, -0.2) is 26.6 Å². The second-order valence-corrected chi connectivity index (χ2v) is 5.88. The second kappa shape index (κ2) is 7.79. The fourth-order valence-electron chi connectivity index (χ4n) is 2.41. The Morgan fingerprint density at radius 1 is 1.04 bits per heavy atom. The number of nitrogens with one attached hydrogen (secondary N) is 2. The zero-order valence-corrected chi connectivity index (χ0v) is 14.7. The van der Waals surface area contributed by atoms with Crippen LogP contribution in [0.15, 0.2) is 54.7 Å². The first-order chi connectivity index (χ1) is 12.6. The average Bonchev–Trinajstić information content (AvgIpc) is 2.94. The van der Waals surface area contributed by atoms with Crippen molar-refractivity contribution >= 4 is 23.4 Å². The van der Waals surface area contributed by atoms with Crippen LogP contribution in [0, 0.1) is 6.92 Å². The molecule has 0 aliphatic rings. The van der Waals surface area contributed by atoms with E-state index in [4.69, 9.17) is 11.6 Å². The smallest absolute Gasteiger partial charge is 0.267 e. The van der Waals surface area contributed by atoms with Gasteiger partial charge in [0, 0.05) is 6.20 Å². The number of halogens is 1. The maximum Gasteiger partial charge on any atom is 0.288 e. The Bertz CT molecular complexity index is 926. The van der Waals surface area contributed by atoms with Gasteiger partial charge in [-0.25, -0.2) is 4.68 Å². The number of hydrogen-bond acceptors (Lipinski definition) is 4. The molecule has 0 saturated carbocycles. The molecule has 2 heterocycles. The van der Waals surface area contributed by atoms with Gasteiger partial charge < -0.3 is 0 Å². The number of aryl methyl sites for hydroxylation is 1. The van der Waals surface area contributed by atoms with Crippen molar-refractivity contribution in [3.05, 3.63) is 82.4 Å².